The molecule has 108 valence electrons. The molecule has 0 radical (unpaired) electrons. The van der Waals surface area contributed by atoms with Crippen molar-refractivity contribution < 1.29 is 14.7 Å². The van der Waals surface area contributed by atoms with Crippen LogP contribution in [0.25, 0.3) is 0 Å². The molecular formula is C13H18N4O3. The first-order chi connectivity index (χ1) is 9.58. The van der Waals surface area contributed by atoms with Crippen molar-refractivity contribution >= 4 is 12.0 Å². The number of terminal acetylenes is 1. The SMILES string of the molecule is C#CCN(CCC)C(=O)N[C@H](Cc1cnc[nH]1)C(=O)O. The number of nitrogens with one attached hydrogen (secondary N) is 2. The molecule has 1 atom stereocenters. The Labute approximate surface area is 117 Å². The molecule has 3 N–H and O–H groups in total. The van der Waals surface area contributed by atoms with Crippen molar-refractivity contribution in [3.8, 4) is 12.3 Å². The number of urea groups is 1. The molecule has 0 spiro atoms. The maximum absolute atomic E-state index is 12.0. The maximum Gasteiger partial charge on any atom is 0.326 e. The van der Waals surface area contributed by atoms with E-state index in [2.05, 4.69) is 21.2 Å². The Hall–Kier alpha value is -2.49. The lowest BCUT2D eigenvalue weighted by Crippen LogP contribution is -2.49. The number of imidazole rings is 1. The molecule has 1 heterocycles. The van der Waals surface area contributed by atoms with Crippen LogP contribution in [0.15, 0.2) is 12.5 Å². The number of carboxylic acid groups (broad SMARTS) is 1. The number of nitrogens with zero attached hydrogens (tertiary/aromatic N) is 2. The van der Waals surface area contributed by atoms with Crippen LogP contribution in [0, 0.1) is 12.3 Å². The van der Waals surface area contributed by atoms with E-state index in [4.69, 9.17) is 11.5 Å². The first kappa shape index (κ1) is 15.6. The number of rotatable bonds is 7. The van der Waals surface area contributed by atoms with E-state index in [0.717, 1.165) is 6.42 Å². The van der Waals surface area contributed by atoms with E-state index in [0.29, 0.717) is 12.2 Å². The maximum atomic E-state index is 12.0. The molecule has 1 aromatic rings. The summed E-state index contributed by atoms with van der Waals surface area (Å²) >= 11 is 0. The molecular weight excluding hydrogens is 260 g/mol. The quantitative estimate of drug-likeness (QED) is 0.631. The van der Waals surface area contributed by atoms with Crippen LogP contribution in [0.3, 0.4) is 0 Å². The van der Waals surface area contributed by atoms with E-state index in [-0.39, 0.29) is 13.0 Å². The van der Waals surface area contributed by atoms with Crippen LogP contribution in [0.1, 0.15) is 19.0 Å². The summed E-state index contributed by atoms with van der Waals surface area (Å²) in [7, 11) is 0. The molecule has 1 aromatic heterocycles. The highest BCUT2D eigenvalue weighted by molar-refractivity contribution is 5.82. The highest BCUT2D eigenvalue weighted by Crippen LogP contribution is 2.01. The summed E-state index contributed by atoms with van der Waals surface area (Å²) in [5.41, 5.74) is 0.636. The number of H-pyrrole nitrogens is 1. The van der Waals surface area contributed by atoms with E-state index < -0.39 is 18.0 Å². The molecule has 0 fully saturated rings. The van der Waals surface area contributed by atoms with E-state index in [1.807, 2.05) is 6.92 Å². The van der Waals surface area contributed by atoms with Crippen molar-refractivity contribution in [2.75, 3.05) is 13.1 Å². The Kier molecular flexibility index (Phi) is 6.10. The van der Waals surface area contributed by atoms with Gasteiger partial charge in [-0.2, -0.15) is 0 Å². The summed E-state index contributed by atoms with van der Waals surface area (Å²) in [4.78, 5) is 31.2. The number of carboxylic acids is 1. The Morgan fingerprint density at radius 2 is 2.40 bits per heavy atom. The first-order valence-electron chi connectivity index (χ1n) is 6.27. The average molecular weight is 278 g/mol. The van der Waals surface area contributed by atoms with Gasteiger partial charge in [-0.3, -0.25) is 0 Å². The standard InChI is InChI=1S/C13H18N4O3/c1-3-5-17(6-4-2)13(20)16-11(12(18)19)7-10-8-14-9-15-10/h1,8-9,11H,4-7H2,2H3,(H,14,15)(H,16,20)(H,18,19)/t11-/m1/s1. The van der Waals surface area contributed by atoms with E-state index in [9.17, 15) is 9.59 Å². The normalized spacial score (nSPS) is 11.4. The molecule has 0 aromatic carbocycles. The van der Waals surface area contributed by atoms with Gasteiger partial charge in [0.1, 0.15) is 6.04 Å². The summed E-state index contributed by atoms with van der Waals surface area (Å²) in [6.45, 7) is 2.54. The molecule has 0 aliphatic heterocycles. The van der Waals surface area contributed by atoms with Crippen molar-refractivity contribution in [1.29, 1.82) is 0 Å². The fraction of sp³-hybridized carbons (Fsp3) is 0.462. The van der Waals surface area contributed by atoms with Crippen LogP contribution >= 0.6 is 0 Å². The second-order valence-electron chi connectivity index (χ2n) is 4.25. The molecule has 20 heavy (non-hydrogen) atoms. The zero-order chi connectivity index (χ0) is 15.0. The Balaban J connectivity index is 2.67. The van der Waals surface area contributed by atoms with E-state index >= 15 is 0 Å². The Morgan fingerprint density at radius 3 is 2.90 bits per heavy atom. The van der Waals surface area contributed by atoms with Crippen LogP contribution in [-0.2, 0) is 11.2 Å². The fourth-order valence-electron chi connectivity index (χ4n) is 1.69. The third-order valence-corrected chi connectivity index (χ3v) is 2.64. The highest BCUT2D eigenvalue weighted by Gasteiger charge is 2.23. The lowest BCUT2D eigenvalue weighted by atomic mass is 10.1. The highest BCUT2D eigenvalue weighted by atomic mass is 16.4. The summed E-state index contributed by atoms with van der Waals surface area (Å²) < 4.78 is 0. The van der Waals surface area contributed by atoms with Crippen molar-refractivity contribution in [1.82, 2.24) is 20.2 Å². The summed E-state index contributed by atoms with van der Waals surface area (Å²) in [6.07, 6.45) is 9.05. The topological polar surface area (TPSA) is 98.3 Å². The summed E-state index contributed by atoms with van der Waals surface area (Å²) in [6, 6.07) is -1.50. The minimum absolute atomic E-state index is 0.136. The number of aromatic amines is 1. The number of hydrogen-bond donors (Lipinski definition) is 3. The van der Waals surface area contributed by atoms with E-state index in [1.54, 1.807) is 0 Å². The van der Waals surface area contributed by atoms with E-state index in [1.165, 1.54) is 17.4 Å². The minimum atomic E-state index is -1.11. The third-order valence-electron chi connectivity index (χ3n) is 2.64. The van der Waals surface area contributed by atoms with Gasteiger partial charge in [0.15, 0.2) is 0 Å². The predicted molar refractivity (Wildman–Crippen MR) is 72.9 cm³/mol. The zero-order valence-corrected chi connectivity index (χ0v) is 11.3. The molecule has 0 saturated carbocycles. The average Bonchev–Trinajstić information content (AvgIpc) is 2.90. The van der Waals surface area contributed by atoms with Gasteiger partial charge in [-0.15, -0.1) is 6.42 Å². The monoisotopic (exact) mass is 278 g/mol. The molecule has 2 amide bonds. The second-order valence-corrected chi connectivity index (χ2v) is 4.25. The van der Waals surface area contributed by atoms with Crippen LogP contribution in [0.4, 0.5) is 4.79 Å². The Bertz CT molecular complexity index is 478. The lowest BCUT2D eigenvalue weighted by Gasteiger charge is -2.22. The van der Waals surface area contributed by atoms with Crippen molar-refractivity contribution in [3.63, 3.8) is 0 Å². The van der Waals surface area contributed by atoms with Crippen molar-refractivity contribution in [3.05, 3.63) is 18.2 Å². The molecule has 1 rings (SSSR count). The van der Waals surface area contributed by atoms with Gasteiger partial charge in [0, 0.05) is 24.9 Å². The number of aromatic nitrogens is 2. The van der Waals surface area contributed by atoms with Gasteiger partial charge in [0.25, 0.3) is 0 Å². The molecule has 7 heteroatoms. The molecule has 0 bridgehead atoms. The van der Waals surface area contributed by atoms with Gasteiger partial charge in [0.05, 0.1) is 12.9 Å². The smallest absolute Gasteiger partial charge is 0.326 e. The summed E-state index contributed by atoms with van der Waals surface area (Å²) in [5, 5.41) is 11.6. The molecule has 7 nitrogen and oxygen atoms in total. The molecule has 0 aliphatic rings. The predicted octanol–water partition coefficient (Wildman–Crippen LogP) is 0.460. The van der Waals surface area contributed by atoms with Crippen LogP contribution in [-0.4, -0.2) is 51.1 Å². The molecule has 0 saturated heterocycles. The van der Waals surface area contributed by atoms with Gasteiger partial charge < -0.3 is 20.3 Å². The fourth-order valence-corrected chi connectivity index (χ4v) is 1.69. The van der Waals surface area contributed by atoms with Gasteiger partial charge in [0.2, 0.25) is 0 Å². The largest absolute Gasteiger partial charge is 0.480 e. The van der Waals surface area contributed by atoms with Crippen LogP contribution in [0.5, 0.6) is 0 Å². The zero-order valence-electron chi connectivity index (χ0n) is 11.3. The van der Waals surface area contributed by atoms with Gasteiger partial charge >= 0.3 is 12.0 Å². The van der Waals surface area contributed by atoms with Gasteiger partial charge in [-0.1, -0.05) is 12.8 Å². The number of carbonyl (C=O) groups is 2. The minimum Gasteiger partial charge on any atom is -0.480 e. The first-order valence-corrected chi connectivity index (χ1v) is 6.27. The molecule has 0 unspecified atom stereocenters. The van der Waals surface area contributed by atoms with Gasteiger partial charge in [-0.25, -0.2) is 14.6 Å². The number of amides is 2. The number of aliphatic carboxylic acids is 1. The van der Waals surface area contributed by atoms with Gasteiger partial charge in [-0.05, 0) is 6.42 Å². The van der Waals surface area contributed by atoms with Crippen molar-refractivity contribution in [2.24, 2.45) is 0 Å². The van der Waals surface area contributed by atoms with Crippen LogP contribution < -0.4 is 5.32 Å². The van der Waals surface area contributed by atoms with Crippen molar-refractivity contribution in [2.45, 2.75) is 25.8 Å². The third kappa shape index (κ3) is 4.65. The number of carbonyl (C=O) groups excluding carboxylic acids is 1. The molecule has 0 aliphatic carbocycles. The van der Waals surface area contributed by atoms with Crippen LogP contribution in [0.2, 0.25) is 0 Å². The number of hydrogen-bond acceptors (Lipinski definition) is 3. The second kappa shape index (κ2) is 7.84. The Morgan fingerprint density at radius 1 is 1.65 bits per heavy atom. The lowest BCUT2D eigenvalue weighted by molar-refractivity contribution is -0.139. The summed E-state index contributed by atoms with van der Waals surface area (Å²) in [5.74, 6) is 1.28.